The van der Waals surface area contributed by atoms with Gasteiger partial charge >= 0.3 is 0 Å². The molecular formula is C22H28N2O3. The monoisotopic (exact) mass is 368 g/mol. The average molecular weight is 368 g/mol. The predicted octanol–water partition coefficient (Wildman–Crippen LogP) is 2.77. The first kappa shape index (κ1) is 19.5. The van der Waals surface area contributed by atoms with E-state index in [-0.39, 0.29) is 17.9 Å². The average Bonchev–Trinajstić information content (AvgIpc) is 3.07. The van der Waals surface area contributed by atoms with E-state index in [2.05, 4.69) is 10.3 Å². The Morgan fingerprint density at radius 3 is 2.52 bits per heavy atom. The Morgan fingerprint density at radius 1 is 1.15 bits per heavy atom. The van der Waals surface area contributed by atoms with Crippen molar-refractivity contribution >= 4 is 5.91 Å². The quantitative estimate of drug-likeness (QED) is 0.788. The van der Waals surface area contributed by atoms with Gasteiger partial charge in [-0.2, -0.15) is 0 Å². The van der Waals surface area contributed by atoms with Gasteiger partial charge < -0.3 is 15.2 Å². The van der Waals surface area contributed by atoms with Crippen molar-refractivity contribution in [3.8, 4) is 0 Å². The van der Waals surface area contributed by atoms with Crippen molar-refractivity contribution in [1.82, 2.24) is 10.3 Å². The molecule has 0 aliphatic carbocycles. The van der Waals surface area contributed by atoms with Gasteiger partial charge in [0.2, 0.25) is 0 Å². The van der Waals surface area contributed by atoms with Gasteiger partial charge in [-0.15, -0.1) is 0 Å². The maximum absolute atomic E-state index is 12.6. The summed E-state index contributed by atoms with van der Waals surface area (Å²) in [6, 6.07) is 11.6. The van der Waals surface area contributed by atoms with Crippen LogP contribution in [-0.4, -0.2) is 40.9 Å². The number of pyridine rings is 1. The summed E-state index contributed by atoms with van der Waals surface area (Å²) in [7, 11) is 0. The zero-order valence-corrected chi connectivity index (χ0v) is 16.0. The highest BCUT2D eigenvalue weighted by molar-refractivity contribution is 5.94. The first-order valence-corrected chi connectivity index (χ1v) is 9.49. The number of nitrogens with one attached hydrogen (secondary N) is 1. The summed E-state index contributed by atoms with van der Waals surface area (Å²) >= 11 is 0. The second-order valence-corrected chi connectivity index (χ2v) is 7.95. The lowest BCUT2D eigenvalue weighted by atomic mass is 9.95. The molecule has 1 aromatic carbocycles. The third-order valence-electron chi connectivity index (χ3n) is 5.00. The number of nitrogens with zero attached hydrogens (tertiary/aromatic N) is 1. The highest BCUT2D eigenvalue weighted by Gasteiger charge is 2.29. The van der Waals surface area contributed by atoms with E-state index in [4.69, 9.17) is 4.74 Å². The smallest absolute Gasteiger partial charge is 0.251 e. The molecule has 0 spiro atoms. The van der Waals surface area contributed by atoms with Crippen LogP contribution in [0.15, 0.2) is 48.8 Å². The Labute approximate surface area is 160 Å². The molecule has 1 saturated heterocycles. The van der Waals surface area contributed by atoms with Gasteiger partial charge in [0, 0.05) is 23.9 Å². The Bertz CT molecular complexity index is 738. The predicted molar refractivity (Wildman–Crippen MR) is 105 cm³/mol. The summed E-state index contributed by atoms with van der Waals surface area (Å²) < 4.78 is 5.61. The minimum Gasteiger partial charge on any atom is -0.390 e. The second kappa shape index (κ2) is 8.63. The van der Waals surface area contributed by atoms with Gasteiger partial charge in [-0.25, -0.2) is 0 Å². The van der Waals surface area contributed by atoms with E-state index in [1.54, 1.807) is 26.2 Å². The molecule has 1 aliphatic heterocycles. The van der Waals surface area contributed by atoms with Crippen molar-refractivity contribution in [2.45, 2.75) is 44.8 Å². The fraction of sp³-hybridized carbons (Fsp3) is 0.455. The standard InChI is InChI=1S/C22H28N2O3/c1-22(2,26)10-7-16-3-5-18(6-4-16)21(25)24-20-15-27-14-19(20)13-17-8-11-23-12-9-17/h3-6,8-9,11-12,19-20,26H,7,10,13-15H2,1-2H3,(H,24,25)/t19-,20-/m1/s1. The molecule has 1 fully saturated rings. The van der Waals surface area contributed by atoms with E-state index in [1.165, 1.54) is 5.56 Å². The molecular weight excluding hydrogens is 340 g/mol. The Morgan fingerprint density at radius 2 is 1.85 bits per heavy atom. The molecule has 2 N–H and O–H groups in total. The molecule has 1 aromatic heterocycles. The van der Waals surface area contributed by atoms with Gasteiger partial charge in [0.25, 0.3) is 5.91 Å². The molecule has 1 amide bonds. The van der Waals surface area contributed by atoms with Crippen LogP contribution in [-0.2, 0) is 17.6 Å². The molecule has 0 unspecified atom stereocenters. The Kier molecular flexibility index (Phi) is 6.24. The van der Waals surface area contributed by atoms with Gasteiger partial charge in [-0.1, -0.05) is 12.1 Å². The fourth-order valence-electron chi connectivity index (χ4n) is 3.31. The molecule has 2 aromatic rings. The molecule has 144 valence electrons. The molecule has 27 heavy (non-hydrogen) atoms. The van der Waals surface area contributed by atoms with Crippen LogP contribution in [0.1, 0.15) is 41.8 Å². The minimum atomic E-state index is -0.678. The van der Waals surface area contributed by atoms with Crippen LogP contribution in [0.25, 0.3) is 0 Å². The molecule has 5 heteroatoms. The molecule has 2 atom stereocenters. The lowest BCUT2D eigenvalue weighted by molar-refractivity contribution is 0.0713. The number of hydrogen-bond acceptors (Lipinski definition) is 4. The topological polar surface area (TPSA) is 71.5 Å². The summed E-state index contributed by atoms with van der Waals surface area (Å²) in [5.41, 5.74) is 2.29. The summed E-state index contributed by atoms with van der Waals surface area (Å²) in [4.78, 5) is 16.7. The highest BCUT2D eigenvalue weighted by atomic mass is 16.5. The number of ether oxygens (including phenoxy) is 1. The molecule has 5 nitrogen and oxygen atoms in total. The molecule has 3 rings (SSSR count). The SMILES string of the molecule is CC(C)(O)CCc1ccc(C(=O)N[C@@H]2COC[C@H]2Cc2ccncc2)cc1. The van der Waals surface area contributed by atoms with Gasteiger partial charge in [0.05, 0.1) is 24.9 Å². The van der Waals surface area contributed by atoms with Crippen molar-refractivity contribution in [3.63, 3.8) is 0 Å². The van der Waals surface area contributed by atoms with Crippen LogP contribution in [0.3, 0.4) is 0 Å². The highest BCUT2D eigenvalue weighted by Crippen LogP contribution is 2.20. The molecule has 0 bridgehead atoms. The van der Waals surface area contributed by atoms with Crippen LogP contribution in [0.2, 0.25) is 0 Å². The second-order valence-electron chi connectivity index (χ2n) is 7.95. The number of carbonyl (C=O) groups is 1. The van der Waals surface area contributed by atoms with Crippen LogP contribution in [0.4, 0.5) is 0 Å². The van der Waals surface area contributed by atoms with E-state index in [9.17, 15) is 9.90 Å². The van der Waals surface area contributed by atoms with Crippen LogP contribution in [0.5, 0.6) is 0 Å². The van der Waals surface area contributed by atoms with E-state index in [0.717, 1.165) is 18.4 Å². The fourth-order valence-corrected chi connectivity index (χ4v) is 3.31. The van der Waals surface area contributed by atoms with Crippen molar-refractivity contribution < 1.29 is 14.6 Å². The largest absolute Gasteiger partial charge is 0.390 e. The zero-order chi connectivity index (χ0) is 19.3. The normalized spacial score (nSPS) is 19.8. The summed E-state index contributed by atoms with van der Waals surface area (Å²) in [5.74, 6) is 0.196. The summed E-state index contributed by atoms with van der Waals surface area (Å²) in [6.07, 6.45) is 5.92. The maximum atomic E-state index is 12.6. The Balaban J connectivity index is 1.56. The van der Waals surface area contributed by atoms with Crippen molar-refractivity contribution in [2.24, 2.45) is 5.92 Å². The van der Waals surface area contributed by atoms with Gasteiger partial charge in [0.15, 0.2) is 0 Å². The molecule has 1 aliphatic rings. The third-order valence-corrected chi connectivity index (χ3v) is 5.00. The van der Waals surface area contributed by atoms with Crippen molar-refractivity contribution in [1.29, 1.82) is 0 Å². The van der Waals surface area contributed by atoms with Gasteiger partial charge in [0.1, 0.15) is 0 Å². The number of aryl methyl sites for hydroxylation is 1. The number of amides is 1. The van der Waals surface area contributed by atoms with E-state index >= 15 is 0 Å². The minimum absolute atomic E-state index is 0.0144. The van der Waals surface area contributed by atoms with Crippen molar-refractivity contribution in [3.05, 3.63) is 65.5 Å². The first-order valence-electron chi connectivity index (χ1n) is 9.49. The van der Waals surface area contributed by atoms with Crippen molar-refractivity contribution in [2.75, 3.05) is 13.2 Å². The molecule has 0 saturated carbocycles. The summed E-state index contributed by atoms with van der Waals surface area (Å²) in [6.45, 7) is 4.82. The van der Waals surface area contributed by atoms with Gasteiger partial charge in [-0.05, 0) is 68.5 Å². The van der Waals surface area contributed by atoms with Gasteiger partial charge in [-0.3, -0.25) is 9.78 Å². The Hall–Kier alpha value is -2.24. The maximum Gasteiger partial charge on any atom is 0.251 e. The number of aliphatic hydroxyl groups is 1. The van der Waals surface area contributed by atoms with E-state index in [0.29, 0.717) is 25.2 Å². The van der Waals surface area contributed by atoms with Crippen LogP contribution in [0, 0.1) is 5.92 Å². The number of hydrogen-bond donors (Lipinski definition) is 2. The first-order chi connectivity index (χ1) is 12.9. The lowest BCUT2D eigenvalue weighted by Crippen LogP contribution is -2.40. The zero-order valence-electron chi connectivity index (χ0n) is 16.0. The number of aromatic nitrogens is 1. The summed E-state index contributed by atoms with van der Waals surface area (Å²) in [5, 5.41) is 13.0. The van der Waals surface area contributed by atoms with Crippen LogP contribution >= 0.6 is 0 Å². The number of benzene rings is 1. The molecule has 2 heterocycles. The number of carbonyl (C=O) groups excluding carboxylic acids is 1. The molecule has 0 radical (unpaired) electrons. The van der Waals surface area contributed by atoms with E-state index in [1.807, 2.05) is 36.4 Å². The lowest BCUT2D eigenvalue weighted by Gasteiger charge is -2.19. The van der Waals surface area contributed by atoms with Crippen LogP contribution < -0.4 is 5.32 Å². The number of rotatable bonds is 7. The van der Waals surface area contributed by atoms with E-state index < -0.39 is 5.60 Å². The third kappa shape index (κ3) is 5.88.